The van der Waals surface area contributed by atoms with Crippen LogP contribution < -0.4 is 0 Å². The highest BCUT2D eigenvalue weighted by Crippen LogP contribution is 2.28. The van der Waals surface area contributed by atoms with Gasteiger partial charge in [-0.1, -0.05) is 0 Å². The van der Waals surface area contributed by atoms with Crippen molar-refractivity contribution in [2.45, 2.75) is 32.2 Å². The second-order valence-electron chi connectivity index (χ2n) is 4.75. The van der Waals surface area contributed by atoms with Crippen LogP contribution in [0, 0.1) is 5.92 Å². The number of piperidine rings is 1. The van der Waals surface area contributed by atoms with Crippen molar-refractivity contribution in [3.05, 3.63) is 0 Å². The minimum atomic E-state index is -0.190. The zero-order valence-electron chi connectivity index (χ0n) is 10.5. The fraction of sp³-hybridized carbons (Fsp3) is 0.833. The van der Waals surface area contributed by atoms with Crippen molar-refractivity contribution in [2.24, 2.45) is 5.92 Å². The van der Waals surface area contributed by atoms with E-state index in [1.807, 2.05) is 16.7 Å². The minimum absolute atomic E-state index is 0.0809. The predicted octanol–water partition coefficient (Wildman–Crippen LogP) is 1.09. The smallest absolute Gasteiger partial charge is 0.320 e. The van der Waals surface area contributed by atoms with E-state index in [-0.39, 0.29) is 17.9 Å². The van der Waals surface area contributed by atoms with E-state index in [0.717, 1.165) is 32.4 Å². The third-order valence-corrected chi connectivity index (χ3v) is 3.87. The molecule has 0 N–H and O–H groups in total. The Labute approximate surface area is 102 Å². The maximum absolute atomic E-state index is 12.1. The molecule has 0 aromatic heterocycles. The lowest BCUT2D eigenvalue weighted by molar-refractivity contribution is -0.147. The fourth-order valence-corrected chi connectivity index (χ4v) is 2.80. The molecule has 2 fully saturated rings. The van der Waals surface area contributed by atoms with Crippen LogP contribution in [0.25, 0.3) is 0 Å². The van der Waals surface area contributed by atoms with Gasteiger partial charge >= 0.3 is 12.0 Å². The highest BCUT2D eigenvalue weighted by atomic mass is 16.5. The molecule has 2 heterocycles. The lowest BCUT2D eigenvalue weighted by Crippen LogP contribution is -2.58. The lowest BCUT2D eigenvalue weighted by Gasteiger charge is -2.45. The third kappa shape index (κ3) is 2.23. The number of fused-ring (bicyclic) bond motifs is 1. The Hall–Kier alpha value is -1.26. The molecule has 5 heteroatoms. The van der Waals surface area contributed by atoms with Crippen LogP contribution in [0.1, 0.15) is 26.2 Å². The summed E-state index contributed by atoms with van der Waals surface area (Å²) in [5, 5.41) is 0. The molecule has 0 aromatic rings. The topological polar surface area (TPSA) is 49.9 Å². The number of carbonyl (C=O) groups is 2. The molecule has 2 aliphatic rings. The summed E-state index contributed by atoms with van der Waals surface area (Å²) in [5.74, 6) is -0.332. The zero-order valence-corrected chi connectivity index (χ0v) is 10.5. The maximum atomic E-state index is 12.1. The van der Waals surface area contributed by atoms with Crippen molar-refractivity contribution in [1.29, 1.82) is 0 Å². The van der Waals surface area contributed by atoms with E-state index >= 15 is 0 Å². The number of amides is 2. The molecule has 0 saturated carbocycles. The van der Waals surface area contributed by atoms with Gasteiger partial charge in [0, 0.05) is 25.7 Å². The van der Waals surface area contributed by atoms with Gasteiger partial charge in [-0.15, -0.1) is 0 Å². The normalized spacial score (nSPS) is 28.9. The molecule has 0 bridgehead atoms. The average molecular weight is 240 g/mol. The molecule has 0 aromatic carbocycles. The molecular weight excluding hydrogens is 220 g/mol. The van der Waals surface area contributed by atoms with Crippen LogP contribution in [0.15, 0.2) is 0 Å². The zero-order chi connectivity index (χ0) is 12.4. The van der Waals surface area contributed by atoms with Crippen molar-refractivity contribution in [3.63, 3.8) is 0 Å². The first kappa shape index (κ1) is 12.2. The van der Waals surface area contributed by atoms with E-state index in [9.17, 15) is 9.59 Å². The first-order chi connectivity index (χ1) is 8.17. The van der Waals surface area contributed by atoms with Crippen LogP contribution in [0.3, 0.4) is 0 Å². The number of methoxy groups -OCH3 is 1. The van der Waals surface area contributed by atoms with Gasteiger partial charge in [0.05, 0.1) is 13.0 Å². The molecule has 0 spiro atoms. The molecule has 96 valence electrons. The molecule has 0 radical (unpaired) electrons. The molecule has 2 amide bonds. The van der Waals surface area contributed by atoms with Crippen LogP contribution >= 0.6 is 0 Å². The van der Waals surface area contributed by atoms with Crippen molar-refractivity contribution in [3.8, 4) is 0 Å². The molecular formula is C12H20N2O3. The number of nitrogens with zero attached hydrogens (tertiary/aromatic N) is 2. The second-order valence-corrected chi connectivity index (χ2v) is 4.75. The number of ether oxygens (including phenoxy) is 1. The Kier molecular flexibility index (Phi) is 3.54. The number of esters is 1. The van der Waals surface area contributed by atoms with Gasteiger partial charge in [-0.25, -0.2) is 4.79 Å². The molecule has 17 heavy (non-hydrogen) atoms. The van der Waals surface area contributed by atoms with Gasteiger partial charge in [0.15, 0.2) is 0 Å². The molecule has 2 aliphatic heterocycles. The number of hydrogen-bond donors (Lipinski definition) is 0. The summed E-state index contributed by atoms with van der Waals surface area (Å²) < 4.78 is 4.77. The lowest BCUT2D eigenvalue weighted by atomic mass is 9.90. The standard InChI is InChI=1S/C12H20N2O3/c1-3-13-7-6-10-5-4-9(11(15)17-2)8-14(10)12(13)16/h9-10H,3-8H2,1-2H3. The van der Waals surface area contributed by atoms with E-state index in [2.05, 4.69) is 0 Å². The molecule has 2 unspecified atom stereocenters. The fourth-order valence-electron chi connectivity index (χ4n) is 2.80. The summed E-state index contributed by atoms with van der Waals surface area (Å²) >= 11 is 0. The van der Waals surface area contributed by atoms with E-state index in [0.29, 0.717) is 12.6 Å². The summed E-state index contributed by atoms with van der Waals surface area (Å²) in [6.45, 7) is 4.09. The number of urea groups is 1. The largest absolute Gasteiger partial charge is 0.469 e. The average Bonchev–Trinajstić information content (AvgIpc) is 2.38. The molecule has 2 saturated heterocycles. The van der Waals surface area contributed by atoms with Crippen LogP contribution in [0.5, 0.6) is 0 Å². The Balaban J connectivity index is 2.05. The Bertz CT molecular complexity index is 319. The van der Waals surface area contributed by atoms with Crippen molar-refractivity contribution in [2.75, 3.05) is 26.7 Å². The van der Waals surface area contributed by atoms with Gasteiger partial charge in [-0.3, -0.25) is 4.79 Å². The van der Waals surface area contributed by atoms with E-state index in [1.165, 1.54) is 7.11 Å². The Morgan fingerprint density at radius 3 is 2.82 bits per heavy atom. The van der Waals surface area contributed by atoms with E-state index < -0.39 is 0 Å². The first-order valence-electron chi connectivity index (χ1n) is 6.30. The van der Waals surface area contributed by atoms with Crippen molar-refractivity contribution >= 4 is 12.0 Å². The SMILES string of the molecule is CCN1CCC2CCC(C(=O)OC)CN2C1=O. The van der Waals surface area contributed by atoms with Gasteiger partial charge in [0.1, 0.15) is 0 Å². The number of hydrogen-bond acceptors (Lipinski definition) is 3. The van der Waals surface area contributed by atoms with Crippen LogP contribution in [0.2, 0.25) is 0 Å². The summed E-state index contributed by atoms with van der Waals surface area (Å²) in [5.41, 5.74) is 0. The highest BCUT2D eigenvalue weighted by Gasteiger charge is 2.39. The summed E-state index contributed by atoms with van der Waals surface area (Å²) in [4.78, 5) is 27.4. The van der Waals surface area contributed by atoms with E-state index in [4.69, 9.17) is 4.74 Å². The quantitative estimate of drug-likeness (QED) is 0.679. The maximum Gasteiger partial charge on any atom is 0.320 e. The summed E-state index contributed by atoms with van der Waals surface area (Å²) in [6.07, 6.45) is 2.78. The summed E-state index contributed by atoms with van der Waals surface area (Å²) in [6, 6.07) is 0.406. The van der Waals surface area contributed by atoms with Gasteiger partial charge in [0.2, 0.25) is 0 Å². The minimum Gasteiger partial charge on any atom is -0.469 e. The number of carbonyl (C=O) groups excluding carboxylic acids is 2. The molecule has 0 aliphatic carbocycles. The molecule has 5 nitrogen and oxygen atoms in total. The van der Waals surface area contributed by atoms with Crippen molar-refractivity contribution < 1.29 is 14.3 Å². The second kappa shape index (κ2) is 4.94. The Morgan fingerprint density at radius 1 is 1.41 bits per heavy atom. The van der Waals surface area contributed by atoms with Gasteiger partial charge in [-0.2, -0.15) is 0 Å². The first-order valence-corrected chi connectivity index (χ1v) is 6.30. The van der Waals surface area contributed by atoms with Gasteiger partial charge in [0.25, 0.3) is 0 Å². The third-order valence-electron chi connectivity index (χ3n) is 3.87. The van der Waals surface area contributed by atoms with Crippen LogP contribution in [-0.2, 0) is 9.53 Å². The van der Waals surface area contributed by atoms with Crippen LogP contribution in [0.4, 0.5) is 4.79 Å². The predicted molar refractivity (Wildman–Crippen MR) is 62.5 cm³/mol. The molecule has 2 atom stereocenters. The van der Waals surface area contributed by atoms with E-state index in [1.54, 1.807) is 0 Å². The van der Waals surface area contributed by atoms with Crippen LogP contribution in [-0.4, -0.2) is 54.6 Å². The summed E-state index contributed by atoms with van der Waals surface area (Å²) in [7, 11) is 1.41. The number of rotatable bonds is 2. The Morgan fingerprint density at radius 2 is 2.18 bits per heavy atom. The van der Waals surface area contributed by atoms with Gasteiger partial charge < -0.3 is 14.5 Å². The van der Waals surface area contributed by atoms with Gasteiger partial charge in [-0.05, 0) is 26.2 Å². The molecule has 2 rings (SSSR count). The highest BCUT2D eigenvalue weighted by molar-refractivity contribution is 5.78. The van der Waals surface area contributed by atoms with Crippen molar-refractivity contribution in [1.82, 2.24) is 9.80 Å². The monoisotopic (exact) mass is 240 g/mol.